The number of amides is 2. The summed E-state index contributed by atoms with van der Waals surface area (Å²) in [6, 6.07) is 14.5. The molecule has 2 saturated heterocycles. The molecule has 2 aromatic carbocycles. The van der Waals surface area contributed by atoms with Gasteiger partial charge in [0.15, 0.2) is 6.04 Å². The number of carbonyl (C=O) groups is 2. The maximum absolute atomic E-state index is 13.0. The first-order valence-electron chi connectivity index (χ1n) is 9.43. The number of halogens is 1. The van der Waals surface area contributed by atoms with Gasteiger partial charge in [0, 0.05) is 0 Å². The minimum atomic E-state index is -0.317. The van der Waals surface area contributed by atoms with Crippen molar-refractivity contribution in [3.8, 4) is 5.75 Å². The smallest absolute Gasteiger partial charge is 0.292 e. The van der Waals surface area contributed by atoms with E-state index >= 15 is 0 Å². The standard InChI is InChI=1S/C21H22ClN3O3/c1-28-16-8-6-15(7-9-16)25-20(26)14-19(21(25)27)24-12-10-23(11-13-24)18-5-3-2-4-17(18)22/h2-9,19H,10-14H2,1H3/p+1/t19-/m1/s1. The Labute approximate surface area is 169 Å². The Morgan fingerprint density at radius 2 is 1.71 bits per heavy atom. The number of carbonyl (C=O) groups excluding carboxylic acids is 2. The van der Waals surface area contributed by atoms with Gasteiger partial charge in [-0.1, -0.05) is 23.7 Å². The van der Waals surface area contributed by atoms with Crippen molar-refractivity contribution in [1.82, 2.24) is 0 Å². The highest BCUT2D eigenvalue weighted by Gasteiger charge is 2.46. The SMILES string of the molecule is COc1ccc(N2C(=O)C[C@@H]([NH+]3CCN(c4ccccc4Cl)CC3)C2=O)cc1. The average molecular weight is 401 g/mol. The van der Waals surface area contributed by atoms with Gasteiger partial charge in [-0.3, -0.25) is 9.59 Å². The fourth-order valence-corrected chi connectivity index (χ4v) is 4.30. The number of benzene rings is 2. The van der Waals surface area contributed by atoms with Crippen molar-refractivity contribution in [2.24, 2.45) is 0 Å². The van der Waals surface area contributed by atoms with Crippen LogP contribution >= 0.6 is 11.6 Å². The van der Waals surface area contributed by atoms with Crippen molar-refractivity contribution in [3.63, 3.8) is 0 Å². The molecule has 4 rings (SSSR count). The molecular formula is C21H23ClN3O3+. The molecule has 2 heterocycles. The van der Waals surface area contributed by atoms with Crippen molar-refractivity contribution in [2.45, 2.75) is 12.5 Å². The van der Waals surface area contributed by atoms with Gasteiger partial charge in [-0.2, -0.15) is 0 Å². The number of piperazine rings is 1. The van der Waals surface area contributed by atoms with Crippen LogP contribution in [0.1, 0.15) is 6.42 Å². The lowest BCUT2D eigenvalue weighted by atomic mass is 10.1. The summed E-state index contributed by atoms with van der Waals surface area (Å²) in [5, 5.41) is 0.740. The second-order valence-electron chi connectivity index (χ2n) is 7.12. The summed E-state index contributed by atoms with van der Waals surface area (Å²) in [6.07, 6.45) is 0.256. The largest absolute Gasteiger partial charge is 0.497 e. The molecule has 0 spiro atoms. The lowest BCUT2D eigenvalue weighted by Crippen LogP contribution is -3.19. The van der Waals surface area contributed by atoms with E-state index in [0.29, 0.717) is 11.4 Å². The van der Waals surface area contributed by atoms with Crippen LogP contribution in [-0.2, 0) is 9.59 Å². The molecular weight excluding hydrogens is 378 g/mol. The van der Waals surface area contributed by atoms with Gasteiger partial charge >= 0.3 is 0 Å². The lowest BCUT2D eigenvalue weighted by Gasteiger charge is -2.36. The van der Waals surface area contributed by atoms with E-state index in [-0.39, 0.29) is 24.3 Å². The van der Waals surface area contributed by atoms with Gasteiger partial charge in [0.05, 0.1) is 56.1 Å². The molecule has 2 aliphatic rings. The number of quaternary nitrogens is 1. The number of nitrogens with zero attached hydrogens (tertiary/aromatic N) is 2. The molecule has 7 heteroatoms. The van der Waals surface area contributed by atoms with E-state index in [1.54, 1.807) is 31.4 Å². The van der Waals surface area contributed by atoms with Crippen molar-refractivity contribution < 1.29 is 19.2 Å². The number of rotatable bonds is 4. The average Bonchev–Trinajstić information content (AvgIpc) is 3.03. The summed E-state index contributed by atoms with van der Waals surface area (Å²) in [5.74, 6) is 0.443. The molecule has 1 atom stereocenters. The van der Waals surface area contributed by atoms with Crippen molar-refractivity contribution in [3.05, 3.63) is 53.6 Å². The van der Waals surface area contributed by atoms with Crippen LogP contribution in [0, 0.1) is 0 Å². The summed E-state index contributed by atoms with van der Waals surface area (Å²) in [5.41, 5.74) is 1.63. The highest BCUT2D eigenvalue weighted by Crippen LogP contribution is 2.26. The molecule has 2 fully saturated rings. The second kappa shape index (κ2) is 7.81. The van der Waals surface area contributed by atoms with Gasteiger partial charge in [-0.05, 0) is 36.4 Å². The van der Waals surface area contributed by atoms with Gasteiger partial charge in [-0.25, -0.2) is 4.90 Å². The number of imide groups is 1. The zero-order valence-electron chi connectivity index (χ0n) is 15.7. The van der Waals surface area contributed by atoms with Crippen molar-refractivity contribution in [2.75, 3.05) is 43.1 Å². The van der Waals surface area contributed by atoms with Gasteiger partial charge in [-0.15, -0.1) is 0 Å². The lowest BCUT2D eigenvalue weighted by molar-refractivity contribution is -0.915. The minimum Gasteiger partial charge on any atom is -0.497 e. The number of anilines is 2. The van der Waals surface area contributed by atoms with Crippen LogP contribution in [-0.4, -0.2) is 51.1 Å². The maximum atomic E-state index is 13.0. The van der Waals surface area contributed by atoms with E-state index in [1.165, 1.54) is 4.90 Å². The van der Waals surface area contributed by atoms with E-state index in [9.17, 15) is 9.59 Å². The normalized spacial score (nSPS) is 20.7. The van der Waals surface area contributed by atoms with Gasteiger partial charge < -0.3 is 14.5 Å². The Bertz CT molecular complexity index is 879. The third-order valence-electron chi connectivity index (χ3n) is 5.57. The van der Waals surface area contributed by atoms with Crippen LogP contribution in [0.4, 0.5) is 11.4 Å². The molecule has 28 heavy (non-hydrogen) atoms. The summed E-state index contributed by atoms with van der Waals surface area (Å²) >= 11 is 6.31. The molecule has 2 aromatic rings. The number of ether oxygens (including phenoxy) is 1. The minimum absolute atomic E-state index is 0.114. The third-order valence-corrected chi connectivity index (χ3v) is 5.89. The van der Waals surface area contributed by atoms with Crippen LogP contribution in [0.15, 0.2) is 48.5 Å². The predicted molar refractivity (Wildman–Crippen MR) is 108 cm³/mol. The van der Waals surface area contributed by atoms with E-state index in [2.05, 4.69) is 4.90 Å². The molecule has 6 nitrogen and oxygen atoms in total. The monoisotopic (exact) mass is 400 g/mol. The Morgan fingerprint density at radius 1 is 1.04 bits per heavy atom. The van der Waals surface area contributed by atoms with Crippen molar-refractivity contribution in [1.29, 1.82) is 0 Å². The number of hydrogen-bond donors (Lipinski definition) is 1. The van der Waals surface area contributed by atoms with Crippen molar-refractivity contribution >= 4 is 34.8 Å². The molecule has 0 saturated carbocycles. The molecule has 146 valence electrons. The first-order valence-corrected chi connectivity index (χ1v) is 9.81. The number of nitrogens with one attached hydrogen (secondary N) is 1. The molecule has 0 bridgehead atoms. The highest BCUT2D eigenvalue weighted by atomic mass is 35.5. The van der Waals surface area contributed by atoms with E-state index in [4.69, 9.17) is 16.3 Å². The van der Waals surface area contributed by atoms with Crippen LogP contribution in [0.25, 0.3) is 0 Å². The summed E-state index contributed by atoms with van der Waals surface area (Å²) in [6.45, 7) is 3.20. The van der Waals surface area contributed by atoms with E-state index < -0.39 is 0 Å². The Balaban J connectivity index is 1.44. The Morgan fingerprint density at radius 3 is 2.36 bits per heavy atom. The second-order valence-corrected chi connectivity index (χ2v) is 7.53. The number of methoxy groups -OCH3 is 1. The molecule has 2 aliphatic heterocycles. The molecule has 2 amide bonds. The van der Waals surface area contributed by atoms with Crippen LogP contribution in [0.5, 0.6) is 5.75 Å². The summed E-state index contributed by atoms with van der Waals surface area (Å²) in [4.78, 5) is 30.3. The fraction of sp³-hybridized carbons (Fsp3) is 0.333. The molecule has 0 aliphatic carbocycles. The quantitative estimate of drug-likeness (QED) is 0.788. The van der Waals surface area contributed by atoms with Crippen LogP contribution in [0.3, 0.4) is 0 Å². The number of hydrogen-bond acceptors (Lipinski definition) is 4. The number of para-hydroxylation sites is 1. The highest BCUT2D eigenvalue weighted by molar-refractivity contribution is 6.33. The molecule has 0 radical (unpaired) electrons. The van der Waals surface area contributed by atoms with Gasteiger partial charge in [0.25, 0.3) is 5.91 Å². The fourth-order valence-electron chi connectivity index (χ4n) is 4.04. The molecule has 0 unspecified atom stereocenters. The molecule has 0 aromatic heterocycles. The Hall–Kier alpha value is -2.57. The first kappa shape index (κ1) is 18.8. The maximum Gasteiger partial charge on any atom is 0.292 e. The third kappa shape index (κ3) is 3.45. The van der Waals surface area contributed by atoms with Crippen LogP contribution < -0.4 is 19.4 Å². The topological polar surface area (TPSA) is 54.3 Å². The van der Waals surface area contributed by atoms with E-state index in [0.717, 1.165) is 41.8 Å². The van der Waals surface area contributed by atoms with Gasteiger partial charge in [0.1, 0.15) is 5.75 Å². The van der Waals surface area contributed by atoms with Gasteiger partial charge in [0.2, 0.25) is 5.91 Å². The zero-order chi connectivity index (χ0) is 19.7. The summed E-state index contributed by atoms with van der Waals surface area (Å²) < 4.78 is 5.15. The Kier molecular flexibility index (Phi) is 5.24. The predicted octanol–water partition coefficient (Wildman–Crippen LogP) is 1.39. The van der Waals surface area contributed by atoms with E-state index in [1.807, 2.05) is 24.3 Å². The molecule has 1 N–H and O–H groups in total. The summed E-state index contributed by atoms with van der Waals surface area (Å²) in [7, 11) is 1.59. The zero-order valence-corrected chi connectivity index (χ0v) is 16.5. The van der Waals surface area contributed by atoms with Crippen LogP contribution in [0.2, 0.25) is 5.02 Å². The first-order chi connectivity index (χ1) is 13.6.